The van der Waals surface area contributed by atoms with E-state index in [-0.39, 0.29) is 0 Å². The van der Waals surface area contributed by atoms with E-state index in [2.05, 4.69) is 17.0 Å². The van der Waals surface area contributed by atoms with Gasteiger partial charge in [-0.05, 0) is 62.3 Å². The minimum atomic E-state index is 0.619. The molecule has 0 atom stereocenters. The summed E-state index contributed by atoms with van der Waals surface area (Å²) in [5.74, 6) is 0.914. The highest BCUT2D eigenvalue weighted by molar-refractivity contribution is 7.99. The van der Waals surface area contributed by atoms with Crippen LogP contribution in [-0.4, -0.2) is 31.1 Å². The molecule has 0 aliphatic carbocycles. The zero-order chi connectivity index (χ0) is 16.1. The largest absolute Gasteiger partial charge is 0.492 e. The van der Waals surface area contributed by atoms with E-state index in [4.69, 9.17) is 16.2 Å². The first kappa shape index (κ1) is 16.0. The third-order valence-corrected chi connectivity index (χ3v) is 4.95. The molecule has 0 aromatic heterocycles. The van der Waals surface area contributed by atoms with Crippen molar-refractivity contribution in [1.29, 1.82) is 0 Å². The first-order valence-corrected chi connectivity index (χ1v) is 8.80. The average Bonchev–Trinajstić information content (AvgIpc) is 3.05. The predicted molar refractivity (Wildman–Crippen MR) is 97.0 cm³/mol. The predicted octanol–water partition coefficient (Wildman–Crippen LogP) is 3.48. The number of nitrogens with zero attached hydrogens (tertiary/aromatic N) is 1. The highest BCUT2D eigenvalue weighted by Crippen LogP contribution is 2.32. The van der Waals surface area contributed by atoms with Crippen molar-refractivity contribution in [2.45, 2.75) is 22.6 Å². The molecule has 1 fully saturated rings. The third-order valence-electron chi connectivity index (χ3n) is 3.97. The summed E-state index contributed by atoms with van der Waals surface area (Å²) in [5, 5.41) is 0. The van der Waals surface area contributed by atoms with E-state index in [1.807, 2.05) is 30.3 Å². The molecule has 1 heterocycles. The molecule has 122 valence electrons. The van der Waals surface area contributed by atoms with Crippen LogP contribution in [0.2, 0.25) is 0 Å². The van der Waals surface area contributed by atoms with Gasteiger partial charge in [-0.1, -0.05) is 17.8 Å². The van der Waals surface area contributed by atoms with Crippen molar-refractivity contribution in [3.63, 3.8) is 0 Å². The van der Waals surface area contributed by atoms with Crippen LogP contribution in [0.15, 0.2) is 52.3 Å². The summed E-state index contributed by atoms with van der Waals surface area (Å²) in [4.78, 5) is 4.66. The number of ether oxygens (including phenoxy) is 1. The second-order valence-corrected chi connectivity index (χ2v) is 6.91. The van der Waals surface area contributed by atoms with Gasteiger partial charge in [0.2, 0.25) is 0 Å². The Hall–Kier alpha value is -1.85. The summed E-state index contributed by atoms with van der Waals surface area (Å²) in [6.07, 6.45) is 2.63. The molecule has 0 radical (unpaired) electrons. The molecule has 2 aromatic carbocycles. The van der Waals surface area contributed by atoms with Crippen LogP contribution >= 0.6 is 11.8 Å². The maximum Gasteiger partial charge on any atom is 0.120 e. The summed E-state index contributed by atoms with van der Waals surface area (Å²) < 4.78 is 5.89. The molecule has 0 amide bonds. The molecule has 1 saturated heterocycles. The Morgan fingerprint density at radius 3 is 2.52 bits per heavy atom. The van der Waals surface area contributed by atoms with Crippen LogP contribution in [-0.2, 0) is 0 Å². The van der Waals surface area contributed by atoms with Gasteiger partial charge in [-0.3, -0.25) is 4.90 Å². The van der Waals surface area contributed by atoms with Crippen LogP contribution < -0.4 is 16.2 Å². The van der Waals surface area contributed by atoms with Gasteiger partial charge in [0.1, 0.15) is 12.4 Å². The van der Waals surface area contributed by atoms with Crippen LogP contribution in [0.25, 0.3) is 0 Å². The van der Waals surface area contributed by atoms with Gasteiger partial charge in [-0.25, -0.2) is 0 Å². The van der Waals surface area contributed by atoms with Crippen molar-refractivity contribution >= 4 is 23.1 Å². The van der Waals surface area contributed by atoms with Crippen molar-refractivity contribution in [2.24, 2.45) is 0 Å². The molecule has 0 unspecified atom stereocenters. The Morgan fingerprint density at radius 2 is 1.74 bits per heavy atom. The van der Waals surface area contributed by atoms with E-state index >= 15 is 0 Å². The molecule has 1 aliphatic heterocycles. The lowest BCUT2D eigenvalue weighted by Crippen LogP contribution is -2.25. The van der Waals surface area contributed by atoms with Crippen LogP contribution in [0.3, 0.4) is 0 Å². The first-order valence-electron chi connectivity index (χ1n) is 7.99. The fourth-order valence-electron chi connectivity index (χ4n) is 2.68. The third kappa shape index (κ3) is 4.56. The number of nitrogens with two attached hydrogens (primary N) is 2. The fourth-order valence-corrected chi connectivity index (χ4v) is 3.59. The second-order valence-electron chi connectivity index (χ2n) is 5.76. The van der Waals surface area contributed by atoms with Crippen molar-refractivity contribution < 1.29 is 4.74 Å². The first-order chi connectivity index (χ1) is 11.2. The minimum Gasteiger partial charge on any atom is -0.492 e. The van der Waals surface area contributed by atoms with Gasteiger partial charge >= 0.3 is 0 Å². The Labute approximate surface area is 141 Å². The molecule has 0 spiro atoms. The molecule has 23 heavy (non-hydrogen) atoms. The molecule has 5 heteroatoms. The van der Waals surface area contributed by atoms with Gasteiger partial charge in [0.15, 0.2) is 0 Å². The highest BCUT2D eigenvalue weighted by atomic mass is 32.2. The molecule has 0 saturated carbocycles. The van der Waals surface area contributed by atoms with Gasteiger partial charge in [0.25, 0.3) is 0 Å². The zero-order valence-corrected chi connectivity index (χ0v) is 14.0. The molecule has 3 rings (SSSR count). The molecule has 0 bridgehead atoms. The number of nitrogen functional groups attached to an aromatic ring is 2. The van der Waals surface area contributed by atoms with E-state index in [1.54, 1.807) is 11.8 Å². The molecule has 4 N–H and O–H groups in total. The Balaban J connectivity index is 1.56. The summed E-state index contributed by atoms with van der Waals surface area (Å²) >= 11 is 1.66. The van der Waals surface area contributed by atoms with Crippen LogP contribution in [0.5, 0.6) is 5.75 Å². The SMILES string of the molecule is Nc1ccc(Sc2cccc(OCCN3CCCC3)c2)cc1N. The number of anilines is 2. The fraction of sp³-hybridized carbons (Fsp3) is 0.333. The van der Waals surface area contributed by atoms with Crippen LogP contribution in [0.4, 0.5) is 11.4 Å². The van der Waals surface area contributed by atoms with Gasteiger partial charge in [0.05, 0.1) is 11.4 Å². The van der Waals surface area contributed by atoms with Gasteiger partial charge in [-0.15, -0.1) is 0 Å². The smallest absolute Gasteiger partial charge is 0.120 e. The number of benzene rings is 2. The topological polar surface area (TPSA) is 64.5 Å². The Bertz CT molecular complexity index is 656. The van der Waals surface area contributed by atoms with Crippen LogP contribution in [0, 0.1) is 0 Å². The number of hydrogen-bond acceptors (Lipinski definition) is 5. The Kier molecular flexibility index (Phi) is 5.31. The average molecular weight is 329 g/mol. The van der Waals surface area contributed by atoms with E-state index in [0.29, 0.717) is 11.4 Å². The van der Waals surface area contributed by atoms with E-state index in [9.17, 15) is 0 Å². The van der Waals surface area contributed by atoms with Crippen molar-refractivity contribution in [2.75, 3.05) is 37.7 Å². The summed E-state index contributed by atoms with van der Waals surface area (Å²) in [5.41, 5.74) is 12.9. The molecule has 4 nitrogen and oxygen atoms in total. The highest BCUT2D eigenvalue weighted by Gasteiger charge is 2.10. The van der Waals surface area contributed by atoms with Crippen molar-refractivity contribution in [1.82, 2.24) is 4.90 Å². The van der Waals surface area contributed by atoms with Crippen molar-refractivity contribution in [3.05, 3.63) is 42.5 Å². The number of rotatable bonds is 6. The van der Waals surface area contributed by atoms with E-state index in [0.717, 1.165) is 28.7 Å². The second kappa shape index (κ2) is 7.62. The zero-order valence-electron chi connectivity index (χ0n) is 13.2. The van der Waals surface area contributed by atoms with Crippen LogP contribution in [0.1, 0.15) is 12.8 Å². The molecular formula is C18H23N3OS. The van der Waals surface area contributed by atoms with Gasteiger partial charge in [0, 0.05) is 16.3 Å². The summed E-state index contributed by atoms with van der Waals surface area (Å²) in [6.45, 7) is 4.16. The minimum absolute atomic E-state index is 0.619. The summed E-state index contributed by atoms with van der Waals surface area (Å²) in [6, 6.07) is 13.9. The molecular weight excluding hydrogens is 306 g/mol. The lowest BCUT2D eigenvalue weighted by molar-refractivity contribution is 0.237. The summed E-state index contributed by atoms with van der Waals surface area (Å²) in [7, 11) is 0. The lowest BCUT2D eigenvalue weighted by atomic mass is 10.3. The molecule has 1 aliphatic rings. The quantitative estimate of drug-likeness (QED) is 0.794. The normalized spacial score (nSPS) is 15.0. The van der Waals surface area contributed by atoms with E-state index < -0.39 is 0 Å². The van der Waals surface area contributed by atoms with Gasteiger partial charge < -0.3 is 16.2 Å². The lowest BCUT2D eigenvalue weighted by Gasteiger charge is -2.15. The standard InChI is InChI=1S/C18H23N3OS/c19-17-7-6-16(13-18(17)20)23-15-5-3-4-14(12-15)22-11-10-21-8-1-2-9-21/h3-7,12-13H,1-2,8-11,19-20H2. The molecule has 2 aromatic rings. The van der Waals surface area contributed by atoms with E-state index in [1.165, 1.54) is 25.9 Å². The van der Waals surface area contributed by atoms with Crippen molar-refractivity contribution in [3.8, 4) is 5.75 Å². The number of likely N-dealkylation sites (tertiary alicyclic amines) is 1. The maximum absolute atomic E-state index is 5.89. The Morgan fingerprint density at radius 1 is 0.957 bits per heavy atom. The van der Waals surface area contributed by atoms with Gasteiger partial charge in [-0.2, -0.15) is 0 Å². The monoisotopic (exact) mass is 329 g/mol. The maximum atomic E-state index is 5.89. The number of hydrogen-bond donors (Lipinski definition) is 2.